The maximum absolute atomic E-state index is 5.33. The molecule has 2 heterocycles. The first-order valence-corrected chi connectivity index (χ1v) is 5.52. The molecule has 2 aromatic heterocycles. The molecule has 2 aromatic rings. The van der Waals surface area contributed by atoms with Crippen LogP contribution >= 0.6 is 0 Å². The van der Waals surface area contributed by atoms with Crippen LogP contribution in [0.25, 0.3) is 0 Å². The second-order valence-electron chi connectivity index (χ2n) is 3.80. The van der Waals surface area contributed by atoms with E-state index in [1.807, 2.05) is 36.7 Å². The molecule has 0 aromatic carbocycles. The Bertz CT molecular complexity index is 397. The highest BCUT2D eigenvalue weighted by atomic mass is 16.3. The van der Waals surface area contributed by atoms with E-state index in [1.54, 1.807) is 6.26 Å². The van der Waals surface area contributed by atoms with Gasteiger partial charge in [-0.2, -0.15) is 0 Å². The first kappa shape index (κ1) is 10.9. The highest BCUT2D eigenvalue weighted by Crippen LogP contribution is 2.11. The van der Waals surface area contributed by atoms with Crippen molar-refractivity contribution in [1.82, 2.24) is 10.3 Å². The van der Waals surface area contributed by atoms with Gasteiger partial charge in [-0.1, -0.05) is 0 Å². The molecule has 2 rings (SSSR count). The molecule has 0 spiro atoms. The van der Waals surface area contributed by atoms with Crippen molar-refractivity contribution in [3.05, 3.63) is 54.2 Å². The van der Waals surface area contributed by atoms with E-state index >= 15 is 0 Å². The lowest BCUT2D eigenvalue weighted by molar-refractivity contribution is 0.432. The first-order chi connectivity index (χ1) is 7.86. The minimum Gasteiger partial charge on any atom is -0.468 e. The fourth-order valence-electron chi connectivity index (χ4n) is 1.62. The second-order valence-corrected chi connectivity index (χ2v) is 3.80. The quantitative estimate of drug-likeness (QED) is 0.834. The third-order valence-corrected chi connectivity index (χ3v) is 2.58. The van der Waals surface area contributed by atoms with E-state index in [2.05, 4.69) is 17.2 Å². The topological polar surface area (TPSA) is 38.1 Å². The predicted molar refractivity (Wildman–Crippen MR) is 63.1 cm³/mol. The van der Waals surface area contributed by atoms with Crippen molar-refractivity contribution in [2.45, 2.75) is 19.4 Å². The summed E-state index contributed by atoms with van der Waals surface area (Å²) in [6.07, 6.45) is 6.36. The minimum absolute atomic E-state index is 0.261. The van der Waals surface area contributed by atoms with Gasteiger partial charge in [-0.05, 0) is 49.7 Å². The Morgan fingerprint density at radius 3 is 2.81 bits per heavy atom. The monoisotopic (exact) mass is 216 g/mol. The zero-order valence-electron chi connectivity index (χ0n) is 9.39. The van der Waals surface area contributed by atoms with Crippen LogP contribution in [0.3, 0.4) is 0 Å². The number of hydrogen-bond donors (Lipinski definition) is 1. The van der Waals surface area contributed by atoms with E-state index < -0.39 is 0 Å². The number of furan rings is 1. The SMILES string of the molecule is CC(NCCc1ccncc1)c1ccco1. The number of pyridine rings is 1. The van der Waals surface area contributed by atoms with Gasteiger partial charge in [0, 0.05) is 12.4 Å². The Morgan fingerprint density at radius 2 is 2.12 bits per heavy atom. The molecule has 0 bridgehead atoms. The molecule has 0 aliphatic rings. The lowest BCUT2D eigenvalue weighted by Crippen LogP contribution is -2.20. The van der Waals surface area contributed by atoms with Gasteiger partial charge in [-0.15, -0.1) is 0 Å². The summed E-state index contributed by atoms with van der Waals surface area (Å²) in [4.78, 5) is 3.99. The van der Waals surface area contributed by atoms with Crippen molar-refractivity contribution in [3.8, 4) is 0 Å². The van der Waals surface area contributed by atoms with E-state index in [-0.39, 0.29) is 6.04 Å². The summed E-state index contributed by atoms with van der Waals surface area (Å²) in [5, 5.41) is 3.42. The molecule has 16 heavy (non-hydrogen) atoms. The lowest BCUT2D eigenvalue weighted by Gasteiger charge is -2.10. The summed E-state index contributed by atoms with van der Waals surface area (Å²) in [6.45, 7) is 3.04. The number of nitrogens with zero attached hydrogens (tertiary/aromatic N) is 1. The molecule has 1 N–H and O–H groups in total. The fraction of sp³-hybridized carbons (Fsp3) is 0.308. The largest absolute Gasteiger partial charge is 0.468 e. The number of nitrogens with one attached hydrogen (secondary N) is 1. The maximum Gasteiger partial charge on any atom is 0.120 e. The molecule has 0 fully saturated rings. The van der Waals surface area contributed by atoms with Crippen molar-refractivity contribution in [1.29, 1.82) is 0 Å². The third-order valence-electron chi connectivity index (χ3n) is 2.58. The highest BCUT2D eigenvalue weighted by molar-refractivity contribution is 5.10. The standard InChI is InChI=1S/C13H16N2O/c1-11(13-3-2-10-16-13)15-9-6-12-4-7-14-8-5-12/h2-5,7-8,10-11,15H,6,9H2,1H3. The first-order valence-electron chi connectivity index (χ1n) is 5.52. The van der Waals surface area contributed by atoms with Crippen LogP contribution in [0.1, 0.15) is 24.3 Å². The Hall–Kier alpha value is -1.61. The molecular formula is C13H16N2O. The van der Waals surface area contributed by atoms with Crippen molar-refractivity contribution in [2.24, 2.45) is 0 Å². The summed E-state index contributed by atoms with van der Waals surface area (Å²) in [6, 6.07) is 8.25. The van der Waals surface area contributed by atoms with Crippen LogP contribution in [0.2, 0.25) is 0 Å². The molecule has 1 unspecified atom stereocenters. The van der Waals surface area contributed by atoms with Gasteiger partial charge in [-0.25, -0.2) is 0 Å². The molecule has 3 heteroatoms. The maximum atomic E-state index is 5.33. The minimum atomic E-state index is 0.261. The van der Waals surface area contributed by atoms with E-state index in [4.69, 9.17) is 4.42 Å². The van der Waals surface area contributed by atoms with Gasteiger partial charge in [0.05, 0.1) is 12.3 Å². The summed E-state index contributed by atoms with van der Waals surface area (Å²) < 4.78 is 5.33. The molecule has 0 radical (unpaired) electrons. The second kappa shape index (κ2) is 5.47. The summed E-state index contributed by atoms with van der Waals surface area (Å²) in [5.74, 6) is 0.981. The molecule has 0 aliphatic carbocycles. The number of aromatic nitrogens is 1. The molecule has 1 atom stereocenters. The van der Waals surface area contributed by atoms with Crippen LogP contribution < -0.4 is 5.32 Å². The highest BCUT2D eigenvalue weighted by Gasteiger charge is 2.06. The van der Waals surface area contributed by atoms with Crippen molar-refractivity contribution in [2.75, 3.05) is 6.54 Å². The summed E-state index contributed by atoms with van der Waals surface area (Å²) >= 11 is 0. The van der Waals surface area contributed by atoms with Crippen molar-refractivity contribution >= 4 is 0 Å². The van der Waals surface area contributed by atoms with Gasteiger partial charge >= 0.3 is 0 Å². The molecule has 0 saturated carbocycles. The van der Waals surface area contributed by atoms with Crippen LogP contribution in [0.15, 0.2) is 47.3 Å². The predicted octanol–water partition coefficient (Wildman–Crippen LogP) is 2.57. The fourth-order valence-corrected chi connectivity index (χ4v) is 1.62. The molecule has 0 aliphatic heterocycles. The third kappa shape index (κ3) is 2.94. The lowest BCUT2D eigenvalue weighted by atomic mass is 10.2. The number of rotatable bonds is 5. The molecule has 84 valence electrons. The van der Waals surface area contributed by atoms with Gasteiger partial charge < -0.3 is 9.73 Å². The van der Waals surface area contributed by atoms with Gasteiger partial charge in [-0.3, -0.25) is 4.98 Å². The van der Waals surface area contributed by atoms with Crippen molar-refractivity contribution in [3.63, 3.8) is 0 Å². The van der Waals surface area contributed by atoms with E-state index in [0.29, 0.717) is 0 Å². The van der Waals surface area contributed by atoms with Crippen LogP contribution in [0.5, 0.6) is 0 Å². The molecule has 0 amide bonds. The zero-order chi connectivity index (χ0) is 11.2. The van der Waals surface area contributed by atoms with Gasteiger partial charge in [0.2, 0.25) is 0 Å². The normalized spacial score (nSPS) is 12.6. The van der Waals surface area contributed by atoms with Crippen LogP contribution in [-0.4, -0.2) is 11.5 Å². The Labute approximate surface area is 95.5 Å². The van der Waals surface area contributed by atoms with E-state index in [1.165, 1.54) is 5.56 Å². The average molecular weight is 216 g/mol. The van der Waals surface area contributed by atoms with Crippen LogP contribution in [-0.2, 0) is 6.42 Å². The van der Waals surface area contributed by atoms with Crippen LogP contribution in [0.4, 0.5) is 0 Å². The van der Waals surface area contributed by atoms with Gasteiger partial charge in [0.15, 0.2) is 0 Å². The Balaban J connectivity index is 1.76. The van der Waals surface area contributed by atoms with E-state index in [9.17, 15) is 0 Å². The summed E-state index contributed by atoms with van der Waals surface area (Å²) in [7, 11) is 0. The molecule has 0 saturated heterocycles. The van der Waals surface area contributed by atoms with Gasteiger partial charge in [0.25, 0.3) is 0 Å². The smallest absolute Gasteiger partial charge is 0.120 e. The average Bonchev–Trinajstić information content (AvgIpc) is 2.84. The zero-order valence-corrected chi connectivity index (χ0v) is 9.39. The number of hydrogen-bond acceptors (Lipinski definition) is 3. The molecular weight excluding hydrogens is 200 g/mol. The summed E-state index contributed by atoms with van der Waals surface area (Å²) in [5.41, 5.74) is 1.30. The van der Waals surface area contributed by atoms with Crippen molar-refractivity contribution < 1.29 is 4.42 Å². The van der Waals surface area contributed by atoms with Gasteiger partial charge in [0.1, 0.15) is 5.76 Å². The van der Waals surface area contributed by atoms with E-state index in [0.717, 1.165) is 18.7 Å². The molecule has 3 nitrogen and oxygen atoms in total. The Kier molecular flexibility index (Phi) is 3.72. The Morgan fingerprint density at radius 1 is 1.31 bits per heavy atom. The van der Waals surface area contributed by atoms with Crippen LogP contribution in [0, 0.1) is 0 Å².